The third-order valence-corrected chi connectivity index (χ3v) is 5.81. The molecule has 2 N–H and O–H groups in total. The molecule has 2 aromatic rings. The Balaban J connectivity index is 1.49. The molecule has 1 heterocycles. The molecule has 0 aliphatic heterocycles. The minimum atomic E-state index is -3.09. The van der Waals surface area contributed by atoms with Gasteiger partial charge in [0.05, 0.1) is 5.75 Å². The standard InChI is InChI=1S/C16H23N3O3S/c1-2-23(20,21)17-11-12-7-9-13(10-8-12)18-16-19-14-5-3-4-6-15(14)22-16/h3-6,12-13,17H,2,7-11H2,1H3,(H,18,19)/t12-,13-. The average molecular weight is 337 g/mol. The largest absolute Gasteiger partial charge is 0.424 e. The second-order valence-electron chi connectivity index (χ2n) is 6.10. The summed E-state index contributed by atoms with van der Waals surface area (Å²) in [6.07, 6.45) is 4.00. The van der Waals surface area contributed by atoms with E-state index in [1.165, 1.54) is 0 Å². The van der Waals surface area contributed by atoms with Gasteiger partial charge in [0.1, 0.15) is 5.52 Å². The highest BCUT2D eigenvalue weighted by atomic mass is 32.2. The van der Waals surface area contributed by atoms with Crippen LogP contribution in [0.4, 0.5) is 6.01 Å². The van der Waals surface area contributed by atoms with E-state index in [1.54, 1.807) is 6.92 Å². The van der Waals surface area contributed by atoms with Crippen molar-refractivity contribution in [2.24, 2.45) is 5.92 Å². The highest BCUT2D eigenvalue weighted by Crippen LogP contribution is 2.27. The summed E-state index contributed by atoms with van der Waals surface area (Å²) in [5.74, 6) is 0.555. The number of para-hydroxylation sites is 2. The lowest BCUT2D eigenvalue weighted by Gasteiger charge is -2.28. The molecular weight excluding hydrogens is 314 g/mol. The van der Waals surface area contributed by atoms with Gasteiger partial charge in [-0.2, -0.15) is 4.98 Å². The third-order valence-electron chi connectivity index (χ3n) is 4.44. The van der Waals surface area contributed by atoms with E-state index in [-0.39, 0.29) is 5.75 Å². The number of aromatic nitrogens is 1. The predicted octanol–water partition coefficient (Wildman–Crippen LogP) is 2.74. The number of hydrogen-bond donors (Lipinski definition) is 2. The van der Waals surface area contributed by atoms with Gasteiger partial charge in [0.15, 0.2) is 5.58 Å². The van der Waals surface area contributed by atoms with Crippen molar-refractivity contribution in [3.63, 3.8) is 0 Å². The molecule has 1 saturated carbocycles. The number of sulfonamides is 1. The van der Waals surface area contributed by atoms with Crippen molar-refractivity contribution < 1.29 is 12.8 Å². The average Bonchev–Trinajstić information content (AvgIpc) is 2.96. The molecule has 0 unspecified atom stereocenters. The van der Waals surface area contributed by atoms with Crippen LogP contribution in [0.25, 0.3) is 11.1 Å². The van der Waals surface area contributed by atoms with E-state index in [0.717, 1.165) is 36.8 Å². The van der Waals surface area contributed by atoms with Crippen LogP contribution in [0.5, 0.6) is 0 Å². The Labute approximate surface area is 136 Å². The second-order valence-corrected chi connectivity index (χ2v) is 8.20. The van der Waals surface area contributed by atoms with E-state index in [0.29, 0.717) is 24.5 Å². The summed E-state index contributed by atoms with van der Waals surface area (Å²) >= 11 is 0. The zero-order valence-electron chi connectivity index (χ0n) is 13.3. The monoisotopic (exact) mass is 337 g/mol. The van der Waals surface area contributed by atoms with Crippen LogP contribution in [0.3, 0.4) is 0 Å². The number of rotatable bonds is 6. The molecule has 1 aliphatic rings. The van der Waals surface area contributed by atoms with E-state index in [2.05, 4.69) is 15.0 Å². The van der Waals surface area contributed by atoms with Crippen molar-refractivity contribution >= 4 is 27.1 Å². The van der Waals surface area contributed by atoms with Crippen LogP contribution in [0.2, 0.25) is 0 Å². The minimum absolute atomic E-state index is 0.140. The van der Waals surface area contributed by atoms with Crippen molar-refractivity contribution in [1.29, 1.82) is 0 Å². The molecule has 0 bridgehead atoms. The van der Waals surface area contributed by atoms with Gasteiger partial charge in [-0.25, -0.2) is 13.1 Å². The van der Waals surface area contributed by atoms with Crippen molar-refractivity contribution in [3.05, 3.63) is 24.3 Å². The summed E-state index contributed by atoms with van der Waals surface area (Å²) in [7, 11) is -3.09. The number of anilines is 1. The first kappa shape index (κ1) is 16.3. The van der Waals surface area contributed by atoms with E-state index < -0.39 is 10.0 Å². The van der Waals surface area contributed by atoms with Gasteiger partial charge >= 0.3 is 0 Å². The molecule has 3 rings (SSSR count). The highest BCUT2D eigenvalue weighted by molar-refractivity contribution is 7.89. The maximum Gasteiger partial charge on any atom is 0.295 e. The molecule has 6 nitrogen and oxygen atoms in total. The molecule has 0 saturated heterocycles. The smallest absolute Gasteiger partial charge is 0.295 e. The number of nitrogens with one attached hydrogen (secondary N) is 2. The lowest BCUT2D eigenvalue weighted by molar-refractivity contribution is 0.334. The van der Waals surface area contributed by atoms with Gasteiger partial charge in [-0.15, -0.1) is 0 Å². The molecular formula is C16H23N3O3S. The Bertz CT molecular complexity index is 716. The van der Waals surface area contributed by atoms with Crippen LogP contribution in [0.1, 0.15) is 32.6 Å². The Morgan fingerprint density at radius 2 is 1.96 bits per heavy atom. The van der Waals surface area contributed by atoms with Crippen LogP contribution < -0.4 is 10.0 Å². The van der Waals surface area contributed by atoms with E-state index in [1.807, 2.05) is 24.3 Å². The fourth-order valence-corrected chi connectivity index (χ4v) is 3.66. The number of oxazole rings is 1. The topological polar surface area (TPSA) is 84.2 Å². The normalized spacial score (nSPS) is 22.3. The van der Waals surface area contributed by atoms with Crippen molar-refractivity contribution in [2.75, 3.05) is 17.6 Å². The van der Waals surface area contributed by atoms with E-state index in [4.69, 9.17) is 4.42 Å². The van der Waals surface area contributed by atoms with Crippen LogP contribution in [0.15, 0.2) is 28.7 Å². The quantitative estimate of drug-likeness (QED) is 0.847. The molecule has 1 aliphatic carbocycles. The van der Waals surface area contributed by atoms with E-state index in [9.17, 15) is 8.42 Å². The molecule has 0 spiro atoms. The first-order valence-electron chi connectivity index (χ1n) is 8.15. The van der Waals surface area contributed by atoms with Crippen molar-refractivity contribution in [2.45, 2.75) is 38.6 Å². The Kier molecular flexibility index (Phi) is 4.87. The SMILES string of the molecule is CCS(=O)(=O)NC[C@H]1CC[C@H](Nc2nc3ccccc3o2)CC1. The third kappa shape index (κ3) is 4.23. The predicted molar refractivity (Wildman–Crippen MR) is 90.8 cm³/mol. The van der Waals surface area contributed by atoms with Crippen LogP contribution in [-0.2, 0) is 10.0 Å². The molecule has 0 amide bonds. The first-order chi connectivity index (χ1) is 11.1. The van der Waals surface area contributed by atoms with Gasteiger partial charge in [-0.1, -0.05) is 12.1 Å². The fourth-order valence-electron chi connectivity index (χ4n) is 2.97. The zero-order chi connectivity index (χ0) is 16.3. The zero-order valence-corrected chi connectivity index (χ0v) is 14.1. The van der Waals surface area contributed by atoms with Gasteiger partial charge in [0, 0.05) is 12.6 Å². The number of fused-ring (bicyclic) bond motifs is 1. The van der Waals surface area contributed by atoms with Gasteiger partial charge < -0.3 is 9.73 Å². The molecule has 1 aromatic carbocycles. The van der Waals surface area contributed by atoms with Gasteiger partial charge in [0.25, 0.3) is 6.01 Å². The van der Waals surface area contributed by atoms with Gasteiger partial charge in [-0.05, 0) is 50.7 Å². The summed E-state index contributed by atoms with van der Waals surface area (Å²) in [4.78, 5) is 4.44. The molecule has 23 heavy (non-hydrogen) atoms. The first-order valence-corrected chi connectivity index (χ1v) is 9.80. The maximum atomic E-state index is 11.5. The molecule has 0 atom stereocenters. The van der Waals surface area contributed by atoms with Crippen LogP contribution in [0, 0.1) is 5.92 Å². The summed E-state index contributed by atoms with van der Waals surface area (Å²) < 4.78 is 31.3. The van der Waals surface area contributed by atoms with Gasteiger partial charge in [0.2, 0.25) is 10.0 Å². The van der Waals surface area contributed by atoms with Gasteiger partial charge in [-0.3, -0.25) is 0 Å². The Morgan fingerprint density at radius 3 is 2.65 bits per heavy atom. The summed E-state index contributed by atoms with van der Waals surface area (Å²) in [5.41, 5.74) is 1.65. The lowest BCUT2D eigenvalue weighted by Crippen LogP contribution is -2.34. The number of benzene rings is 1. The number of nitrogens with zero attached hydrogens (tertiary/aromatic N) is 1. The summed E-state index contributed by atoms with van der Waals surface area (Å²) in [6, 6.07) is 8.62. The Morgan fingerprint density at radius 1 is 1.22 bits per heavy atom. The molecule has 0 radical (unpaired) electrons. The Hall–Kier alpha value is -1.60. The number of hydrogen-bond acceptors (Lipinski definition) is 5. The molecule has 126 valence electrons. The molecule has 1 fully saturated rings. The van der Waals surface area contributed by atoms with Crippen molar-refractivity contribution in [3.8, 4) is 0 Å². The fraction of sp³-hybridized carbons (Fsp3) is 0.562. The second kappa shape index (κ2) is 6.88. The minimum Gasteiger partial charge on any atom is -0.424 e. The maximum absolute atomic E-state index is 11.5. The highest BCUT2D eigenvalue weighted by Gasteiger charge is 2.23. The summed E-state index contributed by atoms with van der Waals surface area (Å²) in [6.45, 7) is 2.20. The lowest BCUT2D eigenvalue weighted by atomic mass is 9.86. The van der Waals surface area contributed by atoms with Crippen molar-refractivity contribution in [1.82, 2.24) is 9.71 Å². The summed E-state index contributed by atoms with van der Waals surface area (Å²) in [5, 5.41) is 3.36. The molecule has 1 aromatic heterocycles. The van der Waals surface area contributed by atoms with Crippen LogP contribution >= 0.6 is 0 Å². The van der Waals surface area contributed by atoms with Crippen LogP contribution in [-0.4, -0.2) is 31.7 Å². The van der Waals surface area contributed by atoms with E-state index >= 15 is 0 Å². The molecule has 7 heteroatoms.